The highest BCUT2D eigenvalue weighted by Crippen LogP contribution is 2.31. The summed E-state index contributed by atoms with van der Waals surface area (Å²) in [6.07, 6.45) is 0.996. The Morgan fingerprint density at radius 2 is 1.44 bits per heavy atom. The Balaban J connectivity index is 2.35. The summed E-state index contributed by atoms with van der Waals surface area (Å²) in [5, 5.41) is 0. The molecule has 0 spiro atoms. The van der Waals surface area contributed by atoms with Crippen LogP contribution in [0.25, 0.3) is 0 Å². The van der Waals surface area contributed by atoms with Gasteiger partial charge in [-0.3, -0.25) is 4.72 Å². The third-order valence-electron chi connectivity index (χ3n) is 4.81. The van der Waals surface area contributed by atoms with E-state index in [-0.39, 0.29) is 15.7 Å². The lowest BCUT2D eigenvalue weighted by molar-refractivity contribution is 0.506. The van der Waals surface area contributed by atoms with Crippen molar-refractivity contribution in [1.29, 1.82) is 0 Å². The highest BCUT2D eigenvalue weighted by Gasteiger charge is 2.23. The predicted octanol–water partition coefficient (Wildman–Crippen LogP) is 5.47. The lowest BCUT2D eigenvalue weighted by Crippen LogP contribution is -2.19. The number of anilines is 1. The first-order valence-electron chi connectivity index (χ1n) is 8.70. The molecular formula is C21H29NO2S. The summed E-state index contributed by atoms with van der Waals surface area (Å²) in [6.45, 7) is 12.7. The number of para-hydroxylation sites is 1. The number of nitrogens with one attached hydrogen (secondary N) is 1. The summed E-state index contributed by atoms with van der Waals surface area (Å²) in [4.78, 5) is 0.284. The number of hydrogen-bond donors (Lipinski definition) is 1. The third-order valence-corrected chi connectivity index (χ3v) is 6.19. The van der Waals surface area contributed by atoms with E-state index in [1.807, 2.05) is 36.4 Å². The molecule has 0 fully saturated rings. The highest BCUT2D eigenvalue weighted by molar-refractivity contribution is 7.92. The van der Waals surface area contributed by atoms with E-state index in [1.54, 1.807) is 12.1 Å². The molecule has 0 aliphatic carbocycles. The van der Waals surface area contributed by atoms with E-state index in [1.165, 1.54) is 0 Å². The van der Waals surface area contributed by atoms with Gasteiger partial charge in [0.05, 0.1) is 10.6 Å². The van der Waals surface area contributed by atoms with Crippen LogP contribution in [0.1, 0.15) is 59.1 Å². The van der Waals surface area contributed by atoms with Crippen molar-refractivity contribution in [3.05, 3.63) is 59.7 Å². The lowest BCUT2D eigenvalue weighted by Gasteiger charge is -2.24. The van der Waals surface area contributed by atoms with Crippen LogP contribution in [0.3, 0.4) is 0 Å². The second kappa shape index (κ2) is 6.83. The summed E-state index contributed by atoms with van der Waals surface area (Å²) >= 11 is 0. The molecule has 0 aliphatic heterocycles. The average molecular weight is 360 g/mol. The summed E-state index contributed by atoms with van der Waals surface area (Å²) in [5.41, 5.74) is 2.64. The van der Waals surface area contributed by atoms with Gasteiger partial charge in [-0.15, -0.1) is 0 Å². The smallest absolute Gasteiger partial charge is 0.261 e. The molecule has 0 bridgehead atoms. The second-order valence-electron chi connectivity index (χ2n) is 8.16. The largest absolute Gasteiger partial charge is 0.279 e. The fourth-order valence-corrected chi connectivity index (χ4v) is 3.80. The van der Waals surface area contributed by atoms with Gasteiger partial charge in [0.1, 0.15) is 0 Å². The zero-order chi connectivity index (χ0) is 18.9. The minimum atomic E-state index is -3.62. The molecule has 136 valence electrons. The normalized spacial score (nSPS) is 12.9. The van der Waals surface area contributed by atoms with Crippen molar-refractivity contribution >= 4 is 15.7 Å². The quantitative estimate of drug-likeness (QED) is 0.769. The zero-order valence-corrected chi connectivity index (χ0v) is 16.9. The van der Waals surface area contributed by atoms with Gasteiger partial charge in [0, 0.05) is 0 Å². The van der Waals surface area contributed by atoms with E-state index in [2.05, 4.69) is 46.3 Å². The molecule has 4 heteroatoms. The maximum atomic E-state index is 12.8. The maximum absolute atomic E-state index is 12.8. The highest BCUT2D eigenvalue weighted by atomic mass is 32.2. The summed E-state index contributed by atoms with van der Waals surface area (Å²) in [6, 6.07) is 14.8. The molecule has 2 aromatic carbocycles. The Hall–Kier alpha value is -1.81. The van der Waals surface area contributed by atoms with E-state index in [4.69, 9.17) is 0 Å². The van der Waals surface area contributed by atoms with Crippen LogP contribution in [0.4, 0.5) is 5.69 Å². The summed E-state index contributed by atoms with van der Waals surface area (Å²) < 4.78 is 28.4. The SMILES string of the molecule is CCC(C)(C)c1ccc(S(=O)(=O)Nc2ccccc2C(C)(C)C)cc1. The van der Waals surface area contributed by atoms with Gasteiger partial charge in [0.25, 0.3) is 10.0 Å². The van der Waals surface area contributed by atoms with Gasteiger partial charge < -0.3 is 0 Å². The maximum Gasteiger partial charge on any atom is 0.261 e. The van der Waals surface area contributed by atoms with Crippen molar-refractivity contribution in [1.82, 2.24) is 0 Å². The minimum absolute atomic E-state index is 0.0363. The molecule has 2 aromatic rings. The van der Waals surface area contributed by atoms with Crippen molar-refractivity contribution in [3.8, 4) is 0 Å². The molecule has 2 rings (SSSR count). The Bertz CT molecular complexity index is 829. The molecular weight excluding hydrogens is 330 g/mol. The lowest BCUT2D eigenvalue weighted by atomic mass is 9.82. The van der Waals surface area contributed by atoms with E-state index in [0.29, 0.717) is 5.69 Å². The predicted molar refractivity (Wildman–Crippen MR) is 106 cm³/mol. The van der Waals surface area contributed by atoms with E-state index in [9.17, 15) is 8.42 Å². The fourth-order valence-electron chi connectivity index (χ4n) is 2.72. The number of sulfonamides is 1. The van der Waals surface area contributed by atoms with Crippen LogP contribution < -0.4 is 4.72 Å². The molecule has 0 heterocycles. The van der Waals surface area contributed by atoms with Gasteiger partial charge in [-0.1, -0.05) is 71.9 Å². The molecule has 0 saturated heterocycles. The van der Waals surface area contributed by atoms with Crippen molar-refractivity contribution in [2.24, 2.45) is 0 Å². The van der Waals surface area contributed by atoms with Crippen LogP contribution in [-0.2, 0) is 20.9 Å². The van der Waals surface area contributed by atoms with Crippen LogP contribution in [0.5, 0.6) is 0 Å². The first-order valence-corrected chi connectivity index (χ1v) is 10.2. The van der Waals surface area contributed by atoms with Gasteiger partial charge in [-0.2, -0.15) is 0 Å². The van der Waals surface area contributed by atoms with E-state index in [0.717, 1.165) is 17.5 Å². The Labute approximate surface area is 152 Å². The van der Waals surface area contributed by atoms with Crippen molar-refractivity contribution in [2.45, 2.75) is 63.7 Å². The van der Waals surface area contributed by atoms with Gasteiger partial charge in [-0.05, 0) is 46.6 Å². The molecule has 0 amide bonds. The molecule has 0 unspecified atom stereocenters. The van der Waals surface area contributed by atoms with Crippen LogP contribution in [0.15, 0.2) is 53.4 Å². The van der Waals surface area contributed by atoms with Crippen molar-refractivity contribution < 1.29 is 8.42 Å². The molecule has 1 N–H and O–H groups in total. The van der Waals surface area contributed by atoms with Crippen LogP contribution in [0.2, 0.25) is 0 Å². The summed E-state index contributed by atoms with van der Waals surface area (Å²) in [5.74, 6) is 0. The van der Waals surface area contributed by atoms with Gasteiger partial charge in [0.2, 0.25) is 0 Å². The van der Waals surface area contributed by atoms with E-state index >= 15 is 0 Å². The minimum Gasteiger partial charge on any atom is -0.279 e. The number of benzene rings is 2. The van der Waals surface area contributed by atoms with E-state index < -0.39 is 10.0 Å². The number of rotatable bonds is 5. The first kappa shape index (κ1) is 19.5. The van der Waals surface area contributed by atoms with Gasteiger partial charge in [0.15, 0.2) is 0 Å². The zero-order valence-electron chi connectivity index (χ0n) is 16.1. The molecule has 0 aromatic heterocycles. The Morgan fingerprint density at radius 3 is 1.96 bits per heavy atom. The molecule has 25 heavy (non-hydrogen) atoms. The topological polar surface area (TPSA) is 46.2 Å². The molecule has 0 atom stereocenters. The second-order valence-corrected chi connectivity index (χ2v) is 9.85. The molecule has 3 nitrogen and oxygen atoms in total. The van der Waals surface area contributed by atoms with Crippen LogP contribution >= 0.6 is 0 Å². The third kappa shape index (κ3) is 4.43. The first-order chi connectivity index (χ1) is 11.5. The van der Waals surface area contributed by atoms with Crippen molar-refractivity contribution in [3.63, 3.8) is 0 Å². The van der Waals surface area contributed by atoms with Gasteiger partial charge in [-0.25, -0.2) is 8.42 Å². The van der Waals surface area contributed by atoms with Crippen molar-refractivity contribution in [2.75, 3.05) is 4.72 Å². The molecule has 0 radical (unpaired) electrons. The molecule has 0 saturated carbocycles. The van der Waals surface area contributed by atoms with Crippen LogP contribution in [-0.4, -0.2) is 8.42 Å². The average Bonchev–Trinajstić information content (AvgIpc) is 2.54. The monoisotopic (exact) mass is 359 g/mol. The Morgan fingerprint density at radius 1 is 0.880 bits per heavy atom. The standard InChI is InChI=1S/C21H29NO2S/c1-7-21(5,6)16-12-14-17(15-13-16)25(23,24)22-19-11-9-8-10-18(19)20(2,3)4/h8-15,22H,7H2,1-6H3. The van der Waals surface area contributed by atoms with Gasteiger partial charge >= 0.3 is 0 Å². The van der Waals surface area contributed by atoms with Crippen LogP contribution in [0, 0.1) is 0 Å². The molecule has 0 aliphatic rings. The Kier molecular flexibility index (Phi) is 5.33. The fraction of sp³-hybridized carbons (Fsp3) is 0.429. The summed E-state index contributed by atoms with van der Waals surface area (Å²) in [7, 11) is -3.62. The number of hydrogen-bond acceptors (Lipinski definition) is 2.